The lowest BCUT2D eigenvalue weighted by Gasteiger charge is -2.20. The van der Waals surface area contributed by atoms with E-state index in [-0.39, 0.29) is 0 Å². The number of anilines is 2. The van der Waals surface area contributed by atoms with E-state index in [1.807, 2.05) is 90.8 Å². The number of para-hydroxylation sites is 2. The number of pyridine rings is 1. The van der Waals surface area contributed by atoms with E-state index >= 15 is 0 Å². The predicted octanol–water partition coefficient (Wildman–Crippen LogP) is 4.64. The molecule has 0 unspecified atom stereocenters. The molecule has 0 aliphatic rings. The summed E-state index contributed by atoms with van der Waals surface area (Å²) in [4.78, 5) is 4.36. The molecule has 0 atom stereocenters. The van der Waals surface area contributed by atoms with Gasteiger partial charge in [0.2, 0.25) is 0 Å². The molecule has 0 saturated carbocycles. The lowest BCUT2D eigenvalue weighted by atomic mass is 10.2. The van der Waals surface area contributed by atoms with E-state index in [0.717, 1.165) is 22.8 Å². The van der Waals surface area contributed by atoms with Crippen molar-refractivity contribution in [2.24, 2.45) is 5.10 Å². The Morgan fingerprint density at radius 2 is 1.32 bits per heavy atom. The van der Waals surface area contributed by atoms with Crippen LogP contribution >= 0.6 is 0 Å². The quantitative estimate of drug-likeness (QED) is 0.516. The molecule has 0 spiro atoms. The molecule has 3 aromatic rings. The molecular formula is C19H17N3. The average molecular weight is 287 g/mol. The van der Waals surface area contributed by atoms with Gasteiger partial charge in [-0.15, -0.1) is 0 Å². The third-order valence-corrected chi connectivity index (χ3v) is 3.29. The summed E-state index contributed by atoms with van der Waals surface area (Å²) in [6.07, 6.45) is 1.78. The maximum Gasteiger partial charge on any atom is 0.0859 e. The van der Waals surface area contributed by atoms with Crippen LogP contribution in [0.4, 0.5) is 11.4 Å². The van der Waals surface area contributed by atoms with Crippen LogP contribution in [0.5, 0.6) is 0 Å². The Labute approximate surface area is 130 Å². The lowest BCUT2D eigenvalue weighted by molar-refractivity contribution is 1.07. The Kier molecular flexibility index (Phi) is 4.25. The molecule has 0 amide bonds. The molecule has 0 radical (unpaired) electrons. The number of nitrogens with zero attached hydrogens (tertiary/aromatic N) is 3. The van der Waals surface area contributed by atoms with Crippen LogP contribution in [-0.4, -0.2) is 10.7 Å². The minimum atomic E-state index is 0.869. The third kappa shape index (κ3) is 3.20. The fourth-order valence-electron chi connectivity index (χ4n) is 2.18. The van der Waals surface area contributed by atoms with Gasteiger partial charge in [-0.1, -0.05) is 42.5 Å². The summed E-state index contributed by atoms with van der Waals surface area (Å²) in [6, 6.07) is 26.1. The van der Waals surface area contributed by atoms with Crippen molar-refractivity contribution in [3.63, 3.8) is 0 Å². The molecule has 22 heavy (non-hydrogen) atoms. The second kappa shape index (κ2) is 6.68. The topological polar surface area (TPSA) is 28.5 Å². The largest absolute Gasteiger partial charge is 0.255 e. The molecule has 0 N–H and O–H groups in total. The maximum atomic E-state index is 4.77. The smallest absolute Gasteiger partial charge is 0.0859 e. The minimum Gasteiger partial charge on any atom is -0.255 e. The van der Waals surface area contributed by atoms with Crippen molar-refractivity contribution >= 4 is 17.1 Å². The molecule has 2 aromatic carbocycles. The van der Waals surface area contributed by atoms with E-state index in [9.17, 15) is 0 Å². The van der Waals surface area contributed by atoms with Crippen molar-refractivity contribution in [1.82, 2.24) is 4.98 Å². The Hall–Kier alpha value is -2.94. The first-order valence-corrected chi connectivity index (χ1v) is 7.21. The van der Waals surface area contributed by atoms with Gasteiger partial charge in [0.25, 0.3) is 0 Å². The molecule has 1 aromatic heterocycles. The number of hydrogen-bond donors (Lipinski definition) is 0. The van der Waals surface area contributed by atoms with Gasteiger partial charge in [0, 0.05) is 6.20 Å². The zero-order chi connectivity index (χ0) is 15.2. The normalized spacial score (nSPS) is 11.2. The van der Waals surface area contributed by atoms with E-state index in [1.165, 1.54) is 0 Å². The monoisotopic (exact) mass is 287 g/mol. The van der Waals surface area contributed by atoms with Crippen LogP contribution in [0.25, 0.3) is 0 Å². The van der Waals surface area contributed by atoms with Crippen molar-refractivity contribution in [2.45, 2.75) is 6.92 Å². The molecule has 3 nitrogen and oxygen atoms in total. The maximum absolute atomic E-state index is 4.77. The van der Waals surface area contributed by atoms with Gasteiger partial charge >= 0.3 is 0 Å². The first-order valence-electron chi connectivity index (χ1n) is 7.21. The summed E-state index contributed by atoms with van der Waals surface area (Å²) in [6.45, 7) is 1.97. The first-order chi connectivity index (χ1) is 10.8. The van der Waals surface area contributed by atoms with Crippen molar-refractivity contribution in [1.29, 1.82) is 0 Å². The molecular weight excluding hydrogens is 270 g/mol. The highest BCUT2D eigenvalue weighted by molar-refractivity contribution is 5.97. The second-order valence-corrected chi connectivity index (χ2v) is 4.88. The fraction of sp³-hybridized carbons (Fsp3) is 0.0526. The van der Waals surface area contributed by atoms with E-state index in [2.05, 4.69) is 4.98 Å². The van der Waals surface area contributed by atoms with E-state index in [0.29, 0.717) is 0 Å². The number of hydrazone groups is 1. The molecule has 108 valence electrons. The van der Waals surface area contributed by atoms with E-state index in [4.69, 9.17) is 5.10 Å². The van der Waals surface area contributed by atoms with Gasteiger partial charge in [0.1, 0.15) is 0 Å². The second-order valence-electron chi connectivity index (χ2n) is 4.88. The Morgan fingerprint density at radius 1 is 0.773 bits per heavy atom. The van der Waals surface area contributed by atoms with Gasteiger partial charge < -0.3 is 0 Å². The molecule has 3 rings (SSSR count). The van der Waals surface area contributed by atoms with Crippen LogP contribution in [-0.2, 0) is 0 Å². The highest BCUT2D eigenvalue weighted by atomic mass is 15.5. The zero-order valence-corrected chi connectivity index (χ0v) is 12.4. The van der Waals surface area contributed by atoms with Crippen LogP contribution in [0.1, 0.15) is 12.6 Å². The number of hydrogen-bond acceptors (Lipinski definition) is 3. The molecule has 0 bridgehead atoms. The highest BCUT2D eigenvalue weighted by Gasteiger charge is 2.09. The van der Waals surface area contributed by atoms with Gasteiger partial charge in [-0.25, -0.2) is 5.01 Å². The van der Waals surface area contributed by atoms with E-state index in [1.54, 1.807) is 6.20 Å². The van der Waals surface area contributed by atoms with Crippen LogP contribution in [0.3, 0.4) is 0 Å². The lowest BCUT2D eigenvalue weighted by Crippen LogP contribution is -2.13. The van der Waals surface area contributed by atoms with Crippen molar-refractivity contribution < 1.29 is 0 Å². The number of rotatable bonds is 4. The summed E-state index contributed by atoms with van der Waals surface area (Å²) in [5.41, 5.74) is 3.78. The molecule has 3 heteroatoms. The zero-order valence-electron chi connectivity index (χ0n) is 12.4. The van der Waals surface area contributed by atoms with Gasteiger partial charge in [0.05, 0.1) is 22.8 Å². The van der Waals surface area contributed by atoms with Crippen molar-refractivity contribution in [3.8, 4) is 0 Å². The number of aromatic nitrogens is 1. The van der Waals surface area contributed by atoms with Crippen molar-refractivity contribution in [3.05, 3.63) is 90.8 Å². The summed E-state index contributed by atoms with van der Waals surface area (Å²) in [7, 11) is 0. The Morgan fingerprint density at radius 3 is 1.82 bits per heavy atom. The van der Waals surface area contributed by atoms with Crippen LogP contribution < -0.4 is 5.01 Å². The fourth-order valence-corrected chi connectivity index (χ4v) is 2.18. The van der Waals surface area contributed by atoms with Gasteiger partial charge in [-0.05, 0) is 43.3 Å². The predicted molar refractivity (Wildman–Crippen MR) is 91.5 cm³/mol. The first kappa shape index (κ1) is 14.0. The molecule has 1 heterocycles. The molecule has 0 saturated heterocycles. The minimum absolute atomic E-state index is 0.869. The average Bonchev–Trinajstić information content (AvgIpc) is 2.62. The Balaban J connectivity index is 2.03. The van der Waals surface area contributed by atoms with Gasteiger partial charge in [0.15, 0.2) is 0 Å². The van der Waals surface area contributed by atoms with E-state index < -0.39 is 0 Å². The Bertz CT molecular complexity index is 698. The van der Waals surface area contributed by atoms with Crippen LogP contribution in [0.15, 0.2) is 90.2 Å². The summed E-state index contributed by atoms with van der Waals surface area (Å²) >= 11 is 0. The third-order valence-electron chi connectivity index (χ3n) is 3.29. The van der Waals surface area contributed by atoms with Gasteiger partial charge in [-0.3, -0.25) is 4.98 Å². The SMILES string of the molecule is CC(=NN(c1ccccc1)c1ccccc1)c1ccccn1. The highest BCUT2D eigenvalue weighted by Crippen LogP contribution is 2.25. The molecule has 0 aliphatic heterocycles. The molecule has 0 aliphatic carbocycles. The summed E-state index contributed by atoms with van der Waals surface area (Å²) in [5.74, 6) is 0. The molecule has 0 fully saturated rings. The standard InChI is InChI=1S/C19H17N3/c1-16(19-14-8-9-15-20-19)21-22(17-10-4-2-5-11-17)18-12-6-3-7-13-18/h2-15H,1H3. The summed E-state index contributed by atoms with van der Waals surface area (Å²) < 4.78 is 0. The number of benzene rings is 2. The van der Waals surface area contributed by atoms with Gasteiger partial charge in [-0.2, -0.15) is 5.10 Å². The summed E-state index contributed by atoms with van der Waals surface area (Å²) in [5, 5.41) is 6.71. The van der Waals surface area contributed by atoms with Crippen LogP contribution in [0, 0.1) is 0 Å². The van der Waals surface area contributed by atoms with Crippen LogP contribution in [0.2, 0.25) is 0 Å². The van der Waals surface area contributed by atoms with Crippen molar-refractivity contribution in [2.75, 3.05) is 5.01 Å².